The molecule has 3 aromatic heterocycles. The third-order valence-corrected chi connectivity index (χ3v) is 3.00. The number of hydrogen-bond acceptors (Lipinski definition) is 4. The molecule has 104 valence electrons. The molecule has 0 bridgehead atoms. The molecule has 3 aromatic rings. The van der Waals surface area contributed by atoms with Gasteiger partial charge < -0.3 is 5.11 Å². The summed E-state index contributed by atoms with van der Waals surface area (Å²) in [5.74, 6) is -1.08. The molecule has 3 rings (SSSR count). The molecule has 0 aromatic carbocycles. The first-order chi connectivity index (χ1) is 10.1. The van der Waals surface area contributed by atoms with Crippen molar-refractivity contribution in [2.24, 2.45) is 0 Å². The summed E-state index contributed by atoms with van der Waals surface area (Å²) in [5, 5.41) is 13.3. The van der Waals surface area contributed by atoms with Gasteiger partial charge in [0.1, 0.15) is 0 Å². The van der Waals surface area contributed by atoms with Gasteiger partial charge in [0.2, 0.25) is 0 Å². The van der Waals surface area contributed by atoms with Crippen LogP contribution in [0.1, 0.15) is 16.2 Å². The molecule has 0 radical (unpaired) electrons. The van der Waals surface area contributed by atoms with Crippen molar-refractivity contribution in [3.63, 3.8) is 0 Å². The number of hydrogen-bond donors (Lipinski definition) is 1. The van der Waals surface area contributed by atoms with Gasteiger partial charge in [-0.25, -0.2) is 9.48 Å². The first-order valence-electron chi connectivity index (χ1n) is 6.33. The van der Waals surface area contributed by atoms with Crippen LogP contribution in [0, 0.1) is 6.92 Å². The summed E-state index contributed by atoms with van der Waals surface area (Å²) >= 11 is 0. The Hall–Kier alpha value is -3.02. The van der Waals surface area contributed by atoms with Gasteiger partial charge in [-0.3, -0.25) is 9.97 Å². The molecule has 3 heterocycles. The molecule has 1 N–H and O–H groups in total. The van der Waals surface area contributed by atoms with Crippen LogP contribution in [0.4, 0.5) is 0 Å². The van der Waals surface area contributed by atoms with Gasteiger partial charge in [-0.05, 0) is 31.2 Å². The molecule has 0 aliphatic rings. The first kappa shape index (κ1) is 13.0. The smallest absolute Gasteiger partial charge is 0.356 e. The van der Waals surface area contributed by atoms with Crippen molar-refractivity contribution in [3.8, 4) is 17.1 Å². The molecule has 0 spiro atoms. The van der Waals surface area contributed by atoms with Crippen molar-refractivity contribution in [2.75, 3.05) is 0 Å². The maximum absolute atomic E-state index is 11.2. The van der Waals surface area contributed by atoms with E-state index in [1.807, 2.05) is 25.1 Å². The highest BCUT2D eigenvalue weighted by Gasteiger charge is 2.16. The van der Waals surface area contributed by atoms with Crippen molar-refractivity contribution in [2.45, 2.75) is 6.92 Å². The lowest BCUT2D eigenvalue weighted by Crippen LogP contribution is -2.03. The molecule has 0 saturated heterocycles. The second kappa shape index (κ2) is 5.16. The van der Waals surface area contributed by atoms with E-state index in [2.05, 4.69) is 15.1 Å². The fourth-order valence-electron chi connectivity index (χ4n) is 1.96. The van der Waals surface area contributed by atoms with Gasteiger partial charge in [0.15, 0.2) is 5.69 Å². The maximum atomic E-state index is 11.2. The summed E-state index contributed by atoms with van der Waals surface area (Å²) in [6.45, 7) is 1.88. The zero-order valence-electron chi connectivity index (χ0n) is 11.3. The van der Waals surface area contributed by atoms with Gasteiger partial charge in [-0.2, -0.15) is 5.10 Å². The van der Waals surface area contributed by atoms with Gasteiger partial charge in [-0.15, -0.1) is 0 Å². The van der Waals surface area contributed by atoms with Crippen LogP contribution in [-0.4, -0.2) is 30.8 Å². The van der Waals surface area contributed by atoms with Gasteiger partial charge in [0.05, 0.1) is 23.3 Å². The van der Waals surface area contributed by atoms with Gasteiger partial charge in [0.25, 0.3) is 0 Å². The minimum absolute atomic E-state index is 0.0313. The van der Waals surface area contributed by atoms with E-state index in [-0.39, 0.29) is 5.69 Å². The van der Waals surface area contributed by atoms with Crippen molar-refractivity contribution in [3.05, 3.63) is 60.2 Å². The summed E-state index contributed by atoms with van der Waals surface area (Å²) in [6, 6.07) is 10.6. The Kier molecular flexibility index (Phi) is 3.19. The van der Waals surface area contributed by atoms with E-state index >= 15 is 0 Å². The molecule has 0 unspecified atom stereocenters. The van der Waals surface area contributed by atoms with Crippen molar-refractivity contribution in [1.29, 1.82) is 0 Å². The second-order valence-corrected chi connectivity index (χ2v) is 4.50. The third-order valence-electron chi connectivity index (χ3n) is 3.00. The van der Waals surface area contributed by atoms with Crippen LogP contribution in [-0.2, 0) is 0 Å². The Morgan fingerprint density at radius 2 is 2.05 bits per heavy atom. The van der Waals surface area contributed by atoms with Crippen molar-refractivity contribution in [1.82, 2.24) is 19.7 Å². The zero-order valence-corrected chi connectivity index (χ0v) is 11.3. The largest absolute Gasteiger partial charge is 0.476 e. The monoisotopic (exact) mass is 280 g/mol. The van der Waals surface area contributed by atoms with Crippen LogP contribution in [0.25, 0.3) is 17.1 Å². The molecule has 0 amide bonds. The topological polar surface area (TPSA) is 80.9 Å². The fraction of sp³-hybridized carbons (Fsp3) is 0.0667. The van der Waals surface area contributed by atoms with Crippen LogP contribution in [0.2, 0.25) is 0 Å². The lowest BCUT2D eigenvalue weighted by atomic mass is 10.2. The second-order valence-electron chi connectivity index (χ2n) is 4.50. The minimum Gasteiger partial charge on any atom is -0.476 e. The quantitative estimate of drug-likeness (QED) is 0.796. The van der Waals surface area contributed by atoms with Gasteiger partial charge >= 0.3 is 5.97 Å². The highest BCUT2D eigenvalue weighted by molar-refractivity contribution is 5.87. The number of aryl methyl sites for hydroxylation is 1. The molecule has 6 nitrogen and oxygen atoms in total. The maximum Gasteiger partial charge on any atom is 0.356 e. The van der Waals surface area contributed by atoms with Crippen LogP contribution in [0.15, 0.2) is 48.8 Å². The SMILES string of the molecule is Cc1ccc(-n2nc(C(=O)O)cc2-c2ccccn2)cn1. The number of aromatic nitrogens is 4. The van der Waals surface area contributed by atoms with E-state index in [0.717, 1.165) is 5.69 Å². The Morgan fingerprint density at radius 3 is 2.67 bits per heavy atom. The Bertz CT molecular complexity index is 779. The van der Waals surface area contributed by atoms with Crippen LogP contribution >= 0.6 is 0 Å². The zero-order chi connectivity index (χ0) is 14.8. The highest BCUT2D eigenvalue weighted by atomic mass is 16.4. The average molecular weight is 280 g/mol. The number of carboxylic acids is 1. The molecular weight excluding hydrogens is 268 g/mol. The molecule has 0 atom stereocenters. The number of pyridine rings is 2. The molecule has 21 heavy (non-hydrogen) atoms. The lowest BCUT2D eigenvalue weighted by molar-refractivity contribution is 0.0690. The van der Waals surface area contributed by atoms with Crippen molar-refractivity contribution < 1.29 is 9.90 Å². The average Bonchev–Trinajstić information content (AvgIpc) is 2.94. The molecule has 0 saturated carbocycles. The number of nitrogens with zero attached hydrogens (tertiary/aromatic N) is 4. The van der Waals surface area contributed by atoms with E-state index in [9.17, 15) is 4.79 Å². The molecule has 6 heteroatoms. The van der Waals surface area contributed by atoms with Crippen LogP contribution in [0.5, 0.6) is 0 Å². The predicted octanol–water partition coefficient (Wildman–Crippen LogP) is 2.34. The fourth-order valence-corrected chi connectivity index (χ4v) is 1.96. The van der Waals surface area contributed by atoms with Gasteiger partial charge in [0, 0.05) is 18.0 Å². The third kappa shape index (κ3) is 2.51. The van der Waals surface area contributed by atoms with Crippen LogP contribution in [0.3, 0.4) is 0 Å². The van der Waals surface area contributed by atoms with E-state index in [1.165, 1.54) is 10.7 Å². The Morgan fingerprint density at radius 1 is 1.19 bits per heavy atom. The van der Waals surface area contributed by atoms with E-state index < -0.39 is 5.97 Å². The normalized spacial score (nSPS) is 10.5. The number of carbonyl (C=O) groups is 1. The molecular formula is C15H12N4O2. The summed E-state index contributed by atoms with van der Waals surface area (Å²) in [4.78, 5) is 19.6. The standard InChI is InChI=1S/C15H12N4O2/c1-10-5-6-11(9-17-10)19-14(8-13(18-19)15(20)21)12-4-2-3-7-16-12/h2-9H,1H3,(H,20,21). The first-order valence-corrected chi connectivity index (χ1v) is 6.33. The minimum atomic E-state index is -1.08. The van der Waals surface area contributed by atoms with Gasteiger partial charge in [-0.1, -0.05) is 6.07 Å². The number of carboxylic acid groups (broad SMARTS) is 1. The lowest BCUT2D eigenvalue weighted by Gasteiger charge is -2.06. The van der Waals surface area contributed by atoms with E-state index in [0.29, 0.717) is 17.1 Å². The summed E-state index contributed by atoms with van der Waals surface area (Å²) in [5.41, 5.74) is 2.80. The number of rotatable bonds is 3. The Balaban J connectivity index is 2.19. The predicted molar refractivity (Wildman–Crippen MR) is 76.3 cm³/mol. The van der Waals surface area contributed by atoms with E-state index in [1.54, 1.807) is 24.5 Å². The molecule has 0 aliphatic carbocycles. The highest BCUT2D eigenvalue weighted by Crippen LogP contribution is 2.22. The van der Waals surface area contributed by atoms with Crippen molar-refractivity contribution >= 4 is 5.97 Å². The summed E-state index contributed by atoms with van der Waals surface area (Å²) in [7, 11) is 0. The Labute approximate surface area is 120 Å². The molecule has 0 fully saturated rings. The van der Waals surface area contributed by atoms with E-state index in [4.69, 9.17) is 5.11 Å². The summed E-state index contributed by atoms with van der Waals surface area (Å²) < 4.78 is 1.54. The molecule has 0 aliphatic heterocycles. The summed E-state index contributed by atoms with van der Waals surface area (Å²) in [6.07, 6.45) is 3.31. The van der Waals surface area contributed by atoms with Crippen LogP contribution < -0.4 is 0 Å². The number of aromatic carboxylic acids is 1.